The van der Waals surface area contributed by atoms with Crippen LogP contribution in [-0.4, -0.2) is 15.9 Å². The van der Waals surface area contributed by atoms with E-state index < -0.39 is 5.69 Å². The maximum Gasteiger partial charge on any atom is 0.345 e. The van der Waals surface area contributed by atoms with Gasteiger partial charge in [0.15, 0.2) is 0 Å². The van der Waals surface area contributed by atoms with Crippen molar-refractivity contribution < 1.29 is 4.79 Å². The Kier molecular flexibility index (Phi) is 5.62. The van der Waals surface area contributed by atoms with E-state index in [2.05, 4.69) is 15.3 Å². The first-order valence-electron chi connectivity index (χ1n) is 9.50. The van der Waals surface area contributed by atoms with Crippen molar-refractivity contribution in [1.29, 1.82) is 0 Å². The van der Waals surface area contributed by atoms with Gasteiger partial charge in [0.25, 0.3) is 5.91 Å². The summed E-state index contributed by atoms with van der Waals surface area (Å²) < 4.78 is 0. The van der Waals surface area contributed by atoms with Crippen molar-refractivity contribution in [2.45, 2.75) is 0 Å². The van der Waals surface area contributed by atoms with E-state index in [9.17, 15) is 9.59 Å². The molecule has 4 aromatic rings. The SMILES string of the molecule is O=C(Nc1ccccc1)c1c(-c2ccccc2)nc(=O)[nH]c1/C=C/c1ccccc1. The fourth-order valence-electron chi connectivity index (χ4n) is 3.11. The summed E-state index contributed by atoms with van der Waals surface area (Å²) in [6.07, 6.45) is 3.57. The second-order valence-electron chi connectivity index (χ2n) is 6.61. The van der Waals surface area contributed by atoms with E-state index in [1.807, 2.05) is 84.9 Å². The molecule has 0 radical (unpaired) electrons. The van der Waals surface area contributed by atoms with Gasteiger partial charge in [-0.1, -0.05) is 84.9 Å². The van der Waals surface area contributed by atoms with Gasteiger partial charge < -0.3 is 10.3 Å². The molecule has 0 bridgehead atoms. The van der Waals surface area contributed by atoms with Gasteiger partial charge in [-0.25, -0.2) is 4.79 Å². The first-order valence-corrected chi connectivity index (χ1v) is 9.50. The molecule has 0 spiro atoms. The van der Waals surface area contributed by atoms with Gasteiger partial charge in [0.2, 0.25) is 0 Å². The summed E-state index contributed by atoms with van der Waals surface area (Å²) in [6, 6.07) is 28.0. The molecule has 4 rings (SSSR count). The van der Waals surface area contributed by atoms with Gasteiger partial charge >= 0.3 is 5.69 Å². The van der Waals surface area contributed by atoms with Crippen molar-refractivity contribution >= 4 is 23.7 Å². The van der Waals surface area contributed by atoms with Gasteiger partial charge in [-0.3, -0.25) is 4.79 Å². The van der Waals surface area contributed by atoms with Crippen LogP contribution < -0.4 is 11.0 Å². The first kappa shape index (κ1) is 19.1. The van der Waals surface area contributed by atoms with Crippen LogP contribution in [0.5, 0.6) is 0 Å². The van der Waals surface area contributed by atoms with Gasteiger partial charge in [0, 0.05) is 11.3 Å². The second-order valence-corrected chi connectivity index (χ2v) is 6.61. The van der Waals surface area contributed by atoms with E-state index in [0.717, 1.165) is 5.56 Å². The number of nitrogens with zero attached hydrogens (tertiary/aromatic N) is 1. The number of anilines is 1. The zero-order chi connectivity index (χ0) is 20.8. The van der Waals surface area contributed by atoms with Crippen LogP contribution in [0.25, 0.3) is 23.4 Å². The normalized spacial score (nSPS) is 10.8. The molecule has 0 atom stereocenters. The number of para-hydroxylation sites is 1. The molecular formula is C25H19N3O2. The van der Waals surface area contributed by atoms with Crippen molar-refractivity contribution in [2.75, 3.05) is 5.32 Å². The molecule has 0 saturated heterocycles. The number of hydrogen-bond donors (Lipinski definition) is 2. The molecule has 0 aliphatic carbocycles. The lowest BCUT2D eigenvalue weighted by Crippen LogP contribution is -2.22. The van der Waals surface area contributed by atoms with Gasteiger partial charge in [-0.05, 0) is 23.8 Å². The fraction of sp³-hybridized carbons (Fsp3) is 0. The Bertz CT molecular complexity index is 1230. The van der Waals surface area contributed by atoms with Crippen LogP contribution in [0.15, 0.2) is 95.8 Å². The van der Waals surface area contributed by atoms with Gasteiger partial charge in [0.1, 0.15) is 0 Å². The largest absolute Gasteiger partial charge is 0.345 e. The molecular weight excluding hydrogens is 374 g/mol. The van der Waals surface area contributed by atoms with Crippen molar-refractivity contribution in [2.24, 2.45) is 0 Å². The third-order valence-corrected chi connectivity index (χ3v) is 4.51. The molecule has 2 N–H and O–H groups in total. The standard InChI is InChI=1S/C25H19N3O2/c29-24(26-20-14-8-3-9-15-20)22-21(17-16-18-10-4-1-5-11-18)27-25(30)28-23(22)19-12-6-2-7-13-19/h1-17H,(H,26,29)(H,27,28,30)/b17-16+. The average Bonchev–Trinajstić information content (AvgIpc) is 2.79. The lowest BCUT2D eigenvalue weighted by Gasteiger charge is -2.12. The van der Waals surface area contributed by atoms with Crippen LogP contribution in [0.3, 0.4) is 0 Å². The third-order valence-electron chi connectivity index (χ3n) is 4.51. The topological polar surface area (TPSA) is 74.8 Å². The Morgan fingerprint density at radius 1 is 0.800 bits per heavy atom. The quantitative estimate of drug-likeness (QED) is 0.508. The Labute approximate surface area is 173 Å². The molecule has 0 unspecified atom stereocenters. The van der Waals surface area contributed by atoms with Gasteiger partial charge in [-0.2, -0.15) is 4.98 Å². The molecule has 1 amide bonds. The molecule has 5 heteroatoms. The second kappa shape index (κ2) is 8.84. The average molecular weight is 393 g/mol. The van der Waals surface area contributed by atoms with Crippen LogP contribution in [0.4, 0.5) is 5.69 Å². The molecule has 5 nitrogen and oxygen atoms in total. The number of H-pyrrole nitrogens is 1. The van der Waals surface area contributed by atoms with E-state index in [4.69, 9.17) is 0 Å². The number of benzene rings is 3. The van der Waals surface area contributed by atoms with Gasteiger partial charge in [0.05, 0.1) is 17.0 Å². The summed E-state index contributed by atoms with van der Waals surface area (Å²) in [6.45, 7) is 0. The molecule has 0 saturated carbocycles. The number of aromatic nitrogens is 2. The van der Waals surface area contributed by atoms with Crippen molar-refractivity contribution in [3.8, 4) is 11.3 Å². The van der Waals surface area contributed by atoms with Crippen molar-refractivity contribution in [3.05, 3.63) is 118 Å². The minimum Gasteiger partial charge on any atom is -0.322 e. The highest BCUT2D eigenvalue weighted by Gasteiger charge is 2.20. The number of amides is 1. The van der Waals surface area contributed by atoms with Crippen LogP contribution in [0, 0.1) is 0 Å². The molecule has 0 aliphatic rings. The highest BCUT2D eigenvalue weighted by atomic mass is 16.2. The van der Waals surface area contributed by atoms with E-state index >= 15 is 0 Å². The van der Waals surface area contributed by atoms with Crippen LogP contribution in [-0.2, 0) is 0 Å². The zero-order valence-electron chi connectivity index (χ0n) is 16.1. The van der Waals surface area contributed by atoms with Crippen molar-refractivity contribution in [3.63, 3.8) is 0 Å². The number of rotatable bonds is 5. The maximum atomic E-state index is 13.2. The predicted octanol–water partition coefficient (Wildman–Crippen LogP) is 4.86. The zero-order valence-corrected chi connectivity index (χ0v) is 16.1. The number of nitrogens with one attached hydrogen (secondary N) is 2. The number of aromatic amines is 1. The van der Waals surface area contributed by atoms with E-state index in [-0.39, 0.29) is 5.91 Å². The Hall–Kier alpha value is -4.25. The third kappa shape index (κ3) is 4.42. The van der Waals surface area contributed by atoms with Crippen LogP contribution >= 0.6 is 0 Å². The minimum atomic E-state index is -0.516. The monoisotopic (exact) mass is 393 g/mol. The molecule has 1 aromatic heterocycles. The van der Waals surface area contributed by atoms with E-state index in [1.54, 1.807) is 18.2 Å². The molecule has 0 fully saturated rings. The van der Waals surface area contributed by atoms with Crippen molar-refractivity contribution in [1.82, 2.24) is 9.97 Å². The predicted molar refractivity (Wildman–Crippen MR) is 120 cm³/mol. The summed E-state index contributed by atoms with van der Waals surface area (Å²) in [5.74, 6) is -0.350. The molecule has 1 heterocycles. The highest BCUT2D eigenvalue weighted by molar-refractivity contribution is 6.10. The maximum absolute atomic E-state index is 13.2. The van der Waals surface area contributed by atoms with Crippen LogP contribution in [0.1, 0.15) is 21.6 Å². The number of hydrogen-bond acceptors (Lipinski definition) is 3. The van der Waals surface area contributed by atoms with E-state index in [0.29, 0.717) is 28.2 Å². The Morgan fingerprint density at radius 3 is 2.07 bits per heavy atom. The Morgan fingerprint density at radius 2 is 1.40 bits per heavy atom. The summed E-state index contributed by atoms with van der Waals surface area (Å²) >= 11 is 0. The fourth-order valence-corrected chi connectivity index (χ4v) is 3.11. The van der Waals surface area contributed by atoms with Crippen LogP contribution in [0.2, 0.25) is 0 Å². The van der Waals surface area contributed by atoms with E-state index in [1.165, 1.54) is 0 Å². The Balaban J connectivity index is 1.84. The lowest BCUT2D eigenvalue weighted by molar-refractivity contribution is 0.102. The summed E-state index contributed by atoms with van der Waals surface area (Å²) in [4.78, 5) is 32.4. The molecule has 0 aliphatic heterocycles. The summed E-state index contributed by atoms with van der Waals surface area (Å²) in [7, 11) is 0. The first-order chi connectivity index (χ1) is 14.7. The lowest BCUT2D eigenvalue weighted by atomic mass is 10.0. The highest BCUT2D eigenvalue weighted by Crippen LogP contribution is 2.24. The molecule has 3 aromatic carbocycles. The number of carbonyl (C=O) groups excluding carboxylic acids is 1. The molecule has 30 heavy (non-hydrogen) atoms. The molecule has 146 valence electrons. The van der Waals surface area contributed by atoms with Gasteiger partial charge in [-0.15, -0.1) is 0 Å². The number of carbonyl (C=O) groups is 1. The summed E-state index contributed by atoms with van der Waals surface area (Å²) in [5, 5.41) is 2.89. The summed E-state index contributed by atoms with van der Waals surface area (Å²) in [5.41, 5.74) is 2.81. The smallest absolute Gasteiger partial charge is 0.322 e. The minimum absolute atomic E-state index is 0.303.